The maximum Gasteiger partial charge on any atom is 0.326 e. The molecule has 1 unspecified atom stereocenters. The number of hydrogen-bond donors (Lipinski definition) is 5. The lowest BCUT2D eigenvalue weighted by Crippen LogP contribution is -2.41. The van der Waals surface area contributed by atoms with Crippen LogP contribution in [0.4, 0.5) is 17.1 Å². The van der Waals surface area contributed by atoms with Gasteiger partial charge in [-0.25, -0.2) is 4.79 Å². The van der Waals surface area contributed by atoms with Crippen LogP contribution in [0.5, 0.6) is 0 Å². The Morgan fingerprint density at radius 3 is 2.39 bits per heavy atom. The van der Waals surface area contributed by atoms with Crippen molar-refractivity contribution in [3.8, 4) is 0 Å². The molecule has 0 spiro atoms. The number of anilines is 3. The van der Waals surface area contributed by atoms with E-state index in [1.54, 1.807) is 30.3 Å². The number of carboxylic acids is 2. The van der Waals surface area contributed by atoms with Gasteiger partial charge in [-0.05, 0) is 72.9 Å². The molecule has 36 heavy (non-hydrogen) atoms. The van der Waals surface area contributed by atoms with Crippen LogP contribution in [0.25, 0.3) is 0 Å². The van der Waals surface area contributed by atoms with Gasteiger partial charge in [0.15, 0.2) is 5.78 Å². The SMILES string of the molecule is Nc1ccccc1Nc1ccc2c(c1)CCc1ccc(C(=O)NC(CCC(=O)O)C(=O)O)cc1C2=O. The molecule has 0 radical (unpaired) electrons. The van der Waals surface area contributed by atoms with Crippen LogP contribution >= 0.6 is 0 Å². The van der Waals surface area contributed by atoms with E-state index in [9.17, 15) is 24.3 Å². The Kier molecular flexibility index (Phi) is 7.00. The number of nitrogens with one attached hydrogen (secondary N) is 2. The topological polar surface area (TPSA) is 159 Å². The van der Waals surface area contributed by atoms with E-state index >= 15 is 0 Å². The fourth-order valence-electron chi connectivity index (χ4n) is 4.19. The second-order valence-corrected chi connectivity index (χ2v) is 8.58. The Labute approximate surface area is 206 Å². The second-order valence-electron chi connectivity index (χ2n) is 8.58. The number of aliphatic carboxylic acids is 2. The average molecular weight is 488 g/mol. The van der Waals surface area contributed by atoms with Crippen LogP contribution in [0.15, 0.2) is 60.7 Å². The summed E-state index contributed by atoms with van der Waals surface area (Å²) >= 11 is 0. The lowest BCUT2D eigenvalue weighted by Gasteiger charge is -2.14. The van der Waals surface area contributed by atoms with Gasteiger partial charge in [0.1, 0.15) is 6.04 Å². The number of carbonyl (C=O) groups excluding carboxylic acids is 2. The third-order valence-corrected chi connectivity index (χ3v) is 6.12. The van der Waals surface area contributed by atoms with Crippen LogP contribution in [0.2, 0.25) is 0 Å². The van der Waals surface area contributed by atoms with Gasteiger partial charge in [-0.2, -0.15) is 0 Å². The molecule has 0 aliphatic heterocycles. The average Bonchev–Trinajstić information content (AvgIpc) is 2.98. The van der Waals surface area contributed by atoms with E-state index in [1.807, 2.05) is 24.3 Å². The van der Waals surface area contributed by atoms with Crippen molar-refractivity contribution in [3.63, 3.8) is 0 Å². The smallest absolute Gasteiger partial charge is 0.326 e. The highest BCUT2D eigenvalue weighted by Crippen LogP contribution is 2.29. The number of rotatable bonds is 8. The van der Waals surface area contributed by atoms with Gasteiger partial charge in [0.2, 0.25) is 0 Å². The number of nitrogens with two attached hydrogens (primary N) is 1. The maximum absolute atomic E-state index is 13.4. The number of fused-ring (bicyclic) bond motifs is 2. The molecule has 3 aromatic carbocycles. The summed E-state index contributed by atoms with van der Waals surface area (Å²) in [5.41, 5.74) is 10.9. The summed E-state index contributed by atoms with van der Waals surface area (Å²) < 4.78 is 0. The van der Waals surface area contributed by atoms with Crippen LogP contribution in [-0.2, 0) is 22.4 Å². The molecule has 3 aromatic rings. The number of carboxylic acid groups (broad SMARTS) is 2. The minimum Gasteiger partial charge on any atom is -0.481 e. The molecule has 4 rings (SSSR count). The molecule has 1 atom stereocenters. The number of ketones is 1. The van der Waals surface area contributed by atoms with Crippen molar-refractivity contribution in [2.45, 2.75) is 31.7 Å². The number of amides is 1. The normalized spacial score (nSPS) is 13.1. The zero-order valence-corrected chi connectivity index (χ0v) is 19.3. The standard InChI is InChI=1S/C27H25N3O6/c28-21-3-1-2-4-22(21)29-18-9-10-19-16(13-18)7-5-15-6-8-17(14-20(15)25(19)33)26(34)30-23(27(35)36)11-12-24(31)32/h1-4,6,8-10,13-14,23,29H,5,7,11-12,28H2,(H,30,34)(H,31,32)(H,35,36). The van der Waals surface area contributed by atoms with E-state index in [1.165, 1.54) is 6.07 Å². The molecule has 0 aromatic heterocycles. The van der Waals surface area contributed by atoms with E-state index in [0.29, 0.717) is 29.7 Å². The summed E-state index contributed by atoms with van der Waals surface area (Å²) in [7, 11) is 0. The van der Waals surface area contributed by atoms with Crippen LogP contribution in [0, 0.1) is 0 Å². The third kappa shape index (κ3) is 5.35. The number of nitrogen functional groups attached to an aromatic ring is 1. The summed E-state index contributed by atoms with van der Waals surface area (Å²) in [5.74, 6) is -3.40. The number of benzene rings is 3. The van der Waals surface area contributed by atoms with Gasteiger partial charge in [0, 0.05) is 28.8 Å². The molecule has 9 heteroatoms. The van der Waals surface area contributed by atoms with Gasteiger partial charge in [0.05, 0.1) is 11.4 Å². The molecule has 0 bridgehead atoms. The molecule has 184 valence electrons. The van der Waals surface area contributed by atoms with Gasteiger partial charge >= 0.3 is 11.9 Å². The first-order chi connectivity index (χ1) is 17.2. The highest BCUT2D eigenvalue weighted by atomic mass is 16.4. The number of aryl methyl sites for hydroxylation is 2. The van der Waals surface area contributed by atoms with Crippen LogP contribution in [-0.4, -0.2) is 39.9 Å². The molecule has 0 heterocycles. The van der Waals surface area contributed by atoms with Crippen LogP contribution in [0.1, 0.15) is 50.2 Å². The lowest BCUT2D eigenvalue weighted by molar-refractivity contribution is -0.140. The first-order valence-electron chi connectivity index (χ1n) is 11.4. The highest BCUT2D eigenvalue weighted by Gasteiger charge is 2.25. The van der Waals surface area contributed by atoms with E-state index in [4.69, 9.17) is 10.8 Å². The van der Waals surface area contributed by atoms with Crippen molar-refractivity contribution in [1.29, 1.82) is 0 Å². The van der Waals surface area contributed by atoms with E-state index < -0.39 is 30.3 Å². The second kappa shape index (κ2) is 10.3. The Balaban J connectivity index is 1.56. The zero-order chi connectivity index (χ0) is 25.8. The molecule has 1 aliphatic rings. The Morgan fingerprint density at radius 2 is 1.67 bits per heavy atom. The molecule has 1 aliphatic carbocycles. The van der Waals surface area contributed by atoms with E-state index in [-0.39, 0.29) is 17.8 Å². The zero-order valence-electron chi connectivity index (χ0n) is 19.3. The summed E-state index contributed by atoms with van der Waals surface area (Å²) in [5, 5.41) is 23.8. The number of hydrogen-bond acceptors (Lipinski definition) is 6. The fourth-order valence-corrected chi connectivity index (χ4v) is 4.19. The molecule has 1 amide bonds. The Bertz CT molecular complexity index is 1370. The number of carbonyl (C=O) groups is 4. The quantitative estimate of drug-likeness (QED) is 0.302. The monoisotopic (exact) mass is 487 g/mol. The molecular weight excluding hydrogens is 462 g/mol. The third-order valence-electron chi connectivity index (χ3n) is 6.12. The molecule has 6 N–H and O–H groups in total. The van der Waals surface area contributed by atoms with E-state index in [0.717, 1.165) is 22.5 Å². The van der Waals surface area contributed by atoms with Gasteiger partial charge in [-0.3, -0.25) is 14.4 Å². The number of para-hydroxylation sites is 2. The summed E-state index contributed by atoms with van der Waals surface area (Å²) in [6.45, 7) is 0. The molecule has 0 saturated carbocycles. The summed E-state index contributed by atoms with van der Waals surface area (Å²) in [4.78, 5) is 48.3. The lowest BCUT2D eigenvalue weighted by atomic mass is 9.96. The minimum atomic E-state index is -1.35. The summed E-state index contributed by atoms with van der Waals surface area (Å²) in [6, 6.07) is 16.2. The minimum absolute atomic E-state index is 0.130. The van der Waals surface area contributed by atoms with Crippen molar-refractivity contribution >= 4 is 40.7 Å². The predicted molar refractivity (Wildman–Crippen MR) is 134 cm³/mol. The largest absolute Gasteiger partial charge is 0.481 e. The molecule has 0 fully saturated rings. The van der Waals surface area contributed by atoms with Gasteiger partial charge in [-0.15, -0.1) is 0 Å². The Hall–Kier alpha value is -4.66. The van der Waals surface area contributed by atoms with Crippen molar-refractivity contribution < 1.29 is 29.4 Å². The summed E-state index contributed by atoms with van der Waals surface area (Å²) in [6.07, 6.45) is 0.558. The van der Waals surface area contributed by atoms with Gasteiger partial charge < -0.3 is 26.6 Å². The van der Waals surface area contributed by atoms with Gasteiger partial charge in [0.25, 0.3) is 5.91 Å². The van der Waals surface area contributed by atoms with Crippen molar-refractivity contribution in [2.75, 3.05) is 11.1 Å². The predicted octanol–water partition coefficient (Wildman–Crippen LogP) is 3.39. The molecule has 0 saturated heterocycles. The fraction of sp³-hybridized carbons (Fsp3) is 0.185. The van der Waals surface area contributed by atoms with Gasteiger partial charge in [-0.1, -0.05) is 18.2 Å². The van der Waals surface area contributed by atoms with Crippen molar-refractivity contribution in [3.05, 3.63) is 88.5 Å². The maximum atomic E-state index is 13.4. The van der Waals surface area contributed by atoms with E-state index in [2.05, 4.69) is 10.6 Å². The first kappa shape index (κ1) is 24.5. The first-order valence-corrected chi connectivity index (χ1v) is 11.4. The van der Waals surface area contributed by atoms with Crippen molar-refractivity contribution in [1.82, 2.24) is 5.32 Å². The van der Waals surface area contributed by atoms with Crippen LogP contribution < -0.4 is 16.4 Å². The van der Waals surface area contributed by atoms with Crippen molar-refractivity contribution in [2.24, 2.45) is 0 Å². The highest BCUT2D eigenvalue weighted by molar-refractivity contribution is 6.12. The Morgan fingerprint density at radius 1 is 0.917 bits per heavy atom. The van der Waals surface area contributed by atoms with Crippen LogP contribution in [0.3, 0.4) is 0 Å². The molecular formula is C27H25N3O6. The molecule has 9 nitrogen and oxygen atoms in total.